The van der Waals surface area contributed by atoms with Gasteiger partial charge >= 0.3 is 0 Å². The van der Waals surface area contributed by atoms with Crippen LogP contribution < -0.4 is 10.6 Å². The van der Waals surface area contributed by atoms with Gasteiger partial charge in [0.15, 0.2) is 5.16 Å². The van der Waals surface area contributed by atoms with E-state index in [1.807, 2.05) is 35.0 Å². The van der Waals surface area contributed by atoms with Crippen LogP contribution in [0.3, 0.4) is 0 Å². The van der Waals surface area contributed by atoms with Gasteiger partial charge in [0.25, 0.3) is 5.91 Å². The molecular formula is C19H17BrN4O2S. The number of anilines is 1. The number of hydrogen-bond donors (Lipinski definition) is 2. The molecule has 0 aliphatic heterocycles. The first-order chi connectivity index (χ1) is 13.1. The van der Waals surface area contributed by atoms with Crippen LogP contribution in [0.4, 0.5) is 5.69 Å². The lowest BCUT2D eigenvalue weighted by atomic mass is 10.2. The van der Waals surface area contributed by atoms with Crippen LogP contribution in [0.1, 0.15) is 10.4 Å². The molecule has 0 radical (unpaired) electrons. The van der Waals surface area contributed by atoms with Crippen molar-refractivity contribution in [2.75, 3.05) is 18.1 Å². The van der Waals surface area contributed by atoms with Gasteiger partial charge in [-0.2, -0.15) is 0 Å². The SMILES string of the molecule is CNC(=O)c1cccc(NC(=O)CSc2nccn2-c2ccc(Br)cc2)c1. The van der Waals surface area contributed by atoms with E-state index >= 15 is 0 Å². The molecule has 138 valence electrons. The molecule has 0 fully saturated rings. The summed E-state index contributed by atoms with van der Waals surface area (Å²) in [5.41, 5.74) is 2.04. The molecule has 27 heavy (non-hydrogen) atoms. The van der Waals surface area contributed by atoms with Gasteiger partial charge in [-0.3, -0.25) is 14.2 Å². The average molecular weight is 445 g/mol. The highest BCUT2D eigenvalue weighted by molar-refractivity contribution is 9.10. The summed E-state index contributed by atoms with van der Waals surface area (Å²) in [6.45, 7) is 0. The van der Waals surface area contributed by atoms with Crippen LogP contribution in [0.5, 0.6) is 0 Å². The zero-order valence-corrected chi connectivity index (χ0v) is 16.9. The topological polar surface area (TPSA) is 76.0 Å². The third-order valence-electron chi connectivity index (χ3n) is 3.68. The summed E-state index contributed by atoms with van der Waals surface area (Å²) in [7, 11) is 1.57. The van der Waals surface area contributed by atoms with Gasteiger partial charge in [0, 0.05) is 40.9 Å². The molecule has 2 N–H and O–H groups in total. The van der Waals surface area contributed by atoms with E-state index in [0.717, 1.165) is 15.3 Å². The van der Waals surface area contributed by atoms with Gasteiger partial charge in [-0.05, 0) is 42.5 Å². The van der Waals surface area contributed by atoms with Crippen LogP contribution in [-0.4, -0.2) is 34.2 Å². The molecule has 0 aliphatic rings. The van der Waals surface area contributed by atoms with Gasteiger partial charge in [-0.1, -0.05) is 33.8 Å². The number of thioether (sulfide) groups is 1. The first-order valence-corrected chi connectivity index (χ1v) is 9.89. The largest absolute Gasteiger partial charge is 0.355 e. The molecule has 3 aromatic rings. The second-order valence-corrected chi connectivity index (χ2v) is 7.41. The van der Waals surface area contributed by atoms with Gasteiger partial charge in [0.05, 0.1) is 5.75 Å². The molecule has 0 saturated heterocycles. The smallest absolute Gasteiger partial charge is 0.251 e. The maximum atomic E-state index is 12.3. The Kier molecular flexibility index (Phi) is 6.31. The Hall–Kier alpha value is -2.58. The molecule has 0 spiro atoms. The number of amides is 2. The van der Waals surface area contributed by atoms with Gasteiger partial charge in [-0.25, -0.2) is 4.98 Å². The van der Waals surface area contributed by atoms with E-state index in [4.69, 9.17) is 0 Å². The van der Waals surface area contributed by atoms with Crippen molar-refractivity contribution in [2.24, 2.45) is 0 Å². The van der Waals surface area contributed by atoms with Gasteiger partial charge in [0.2, 0.25) is 5.91 Å². The summed E-state index contributed by atoms with van der Waals surface area (Å²) >= 11 is 4.76. The highest BCUT2D eigenvalue weighted by Crippen LogP contribution is 2.22. The normalized spacial score (nSPS) is 10.4. The number of imidazole rings is 1. The van der Waals surface area contributed by atoms with E-state index < -0.39 is 0 Å². The van der Waals surface area contributed by atoms with Crippen LogP contribution in [0, 0.1) is 0 Å². The number of benzene rings is 2. The van der Waals surface area contributed by atoms with Crippen molar-refractivity contribution >= 4 is 45.2 Å². The van der Waals surface area contributed by atoms with Crippen LogP contribution in [0.25, 0.3) is 5.69 Å². The molecule has 2 aromatic carbocycles. The first kappa shape index (κ1) is 19.2. The lowest BCUT2D eigenvalue weighted by Crippen LogP contribution is -2.19. The predicted octanol–water partition coefficient (Wildman–Crippen LogP) is 3.73. The monoisotopic (exact) mass is 444 g/mol. The summed E-state index contributed by atoms with van der Waals surface area (Å²) < 4.78 is 2.93. The average Bonchev–Trinajstić information content (AvgIpc) is 3.15. The van der Waals surface area contributed by atoms with Crippen molar-refractivity contribution in [1.29, 1.82) is 0 Å². The van der Waals surface area contributed by atoms with E-state index in [1.165, 1.54) is 11.8 Å². The number of carbonyl (C=O) groups is 2. The molecule has 0 aliphatic carbocycles. The number of aromatic nitrogens is 2. The van der Waals surface area contributed by atoms with Crippen LogP contribution in [0.2, 0.25) is 0 Å². The summed E-state index contributed by atoms with van der Waals surface area (Å²) in [5.74, 6) is -0.158. The third-order valence-corrected chi connectivity index (χ3v) is 5.18. The molecule has 8 heteroatoms. The van der Waals surface area contributed by atoms with E-state index in [2.05, 4.69) is 31.5 Å². The fourth-order valence-corrected chi connectivity index (χ4v) is 3.44. The van der Waals surface area contributed by atoms with Crippen molar-refractivity contribution in [3.63, 3.8) is 0 Å². The van der Waals surface area contributed by atoms with Crippen LogP contribution in [0.15, 0.2) is 70.6 Å². The van der Waals surface area contributed by atoms with E-state index in [1.54, 1.807) is 37.5 Å². The van der Waals surface area contributed by atoms with Crippen molar-refractivity contribution in [3.8, 4) is 5.69 Å². The standard InChI is InChI=1S/C19H17BrN4O2S/c1-21-18(26)13-3-2-4-15(11-13)23-17(25)12-27-19-22-9-10-24(19)16-7-5-14(20)6-8-16/h2-11H,12H2,1H3,(H,21,26)(H,23,25). The third kappa shape index (κ3) is 4.99. The minimum absolute atomic E-state index is 0.167. The molecular weight excluding hydrogens is 428 g/mol. The van der Waals surface area contributed by atoms with Crippen molar-refractivity contribution in [3.05, 3.63) is 71.0 Å². The van der Waals surface area contributed by atoms with Crippen molar-refractivity contribution < 1.29 is 9.59 Å². The Bertz CT molecular complexity index is 956. The number of rotatable bonds is 6. The molecule has 0 bridgehead atoms. The summed E-state index contributed by atoms with van der Waals surface area (Å²) in [5, 5.41) is 6.10. The lowest BCUT2D eigenvalue weighted by molar-refractivity contribution is -0.113. The first-order valence-electron chi connectivity index (χ1n) is 8.11. The number of halogens is 1. The predicted molar refractivity (Wildman–Crippen MR) is 110 cm³/mol. The molecule has 1 aromatic heterocycles. The molecule has 6 nitrogen and oxygen atoms in total. The summed E-state index contributed by atoms with van der Waals surface area (Å²) in [4.78, 5) is 28.3. The second-order valence-electron chi connectivity index (χ2n) is 5.55. The Balaban J connectivity index is 1.63. The van der Waals surface area contributed by atoms with E-state index in [0.29, 0.717) is 11.3 Å². The number of carbonyl (C=O) groups excluding carboxylic acids is 2. The highest BCUT2D eigenvalue weighted by atomic mass is 79.9. The van der Waals surface area contributed by atoms with E-state index in [9.17, 15) is 9.59 Å². The number of hydrogen-bond acceptors (Lipinski definition) is 4. The van der Waals surface area contributed by atoms with Crippen molar-refractivity contribution in [1.82, 2.24) is 14.9 Å². The van der Waals surface area contributed by atoms with Gasteiger partial charge in [-0.15, -0.1) is 0 Å². The van der Waals surface area contributed by atoms with Gasteiger partial charge < -0.3 is 10.6 Å². The van der Waals surface area contributed by atoms with E-state index in [-0.39, 0.29) is 17.6 Å². The molecule has 0 atom stereocenters. The minimum atomic E-state index is -0.197. The maximum Gasteiger partial charge on any atom is 0.251 e. The zero-order valence-electron chi connectivity index (χ0n) is 14.5. The maximum absolute atomic E-state index is 12.3. The Morgan fingerprint density at radius 2 is 1.96 bits per heavy atom. The van der Waals surface area contributed by atoms with Crippen LogP contribution in [-0.2, 0) is 4.79 Å². The highest BCUT2D eigenvalue weighted by Gasteiger charge is 2.10. The fraction of sp³-hybridized carbons (Fsp3) is 0.105. The number of nitrogens with zero attached hydrogens (tertiary/aromatic N) is 2. The molecule has 2 amide bonds. The lowest BCUT2D eigenvalue weighted by Gasteiger charge is -2.09. The summed E-state index contributed by atoms with van der Waals surface area (Å²) in [6.07, 6.45) is 3.56. The zero-order chi connectivity index (χ0) is 19.2. The molecule has 1 heterocycles. The second kappa shape index (κ2) is 8.88. The number of nitrogens with one attached hydrogen (secondary N) is 2. The minimum Gasteiger partial charge on any atom is -0.355 e. The Morgan fingerprint density at radius 1 is 1.19 bits per heavy atom. The summed E-state index contributed by atoms with van der Waals surface area (Å²) in [6, 6.07) is 14.7. The molecule has 0 saturated carbocycles. The molecule has 0 unspecified atom stereocenters. The van der Waals surface area contributed by atoms with Gasteiger partial charge in [0.1, 0.15) is 0 Å². The Labute approximate surface area is 169 Å². The Morgan fingerprint density at radius 3 is 2.70 bits per heavy atom. The van der Waals surface area contributed by atoms with Crippen LogP contribution >= 0.6 is 27.7 Å². The quantitative estimate of drug-likeness (QED) is 0.567. The molecule has 3 rings (SSSR count). The van der Waals surface area contributed by atoms with Crippen molar-refractivity contribution in [2.45, 2.75) is 5.16 Å². The fourth-order valence-electron chi connectivity index (χ4n) is 2.40.